The van der Waals surface area contributed by atoms with Gasteiger partial charge in [-0.15, -0.1) is 0 Å². The van der Waals surface area contributed by atoms with Crippen molar-refractivity contribution in [1.29, 1.82) is 0 Å². The van der Waals surface area contributed by atoms with Gasteiger partial charge in [0.15, 0.2) is 10.5 Å². The van der Waals surface area contributed by atoms with Crippen LogP contribution in [-0.2, 0) is 7.05 Å². The van der Waals surface area contributed by atoms with Gasteiger partial charge in [-0.3, -0.25) is 0 Å². The Morgan fingerprint density at radius 3 is 3.04 bits per heavy atom. The smallest absolute Gasteiger partial charge is 0.187 e. The lowest BCUT2D eigenvalue weighted by Gasteiger charge is -2.30. The second-order valence-corrected chi connectivity index (χ2v) is 7.83. The molecule has 1 aliphatic rings. The minimum Gasteiger partial charge on any atom is -0.393 e. The fraction of sp³-hybridized carbons (Fsp3) is 0.389. The fourth-order valence-electron chi connectivity index (χ4n) is 3.38. The van der Waals surface area contributed by atoms with Crippen LogP contribution in [0.2, 0.25) is 0 Å². The maximum Gasteiger partial charge on any atom is 0.187 e. The number of benzene rings is 1. The summed E-state index contributed by atoms with van der Waals surface area (Å²) in [5, 5.41) is 21.4. The molecule has 7 nitrogen and oxygen atoms in total. The number of anilines is 1. The standard InChI is InChI=1S/C18H21N5O2S/c1-23-9-15(11-4-5-13-14(7-11)20-10-21-16(13)19)26-17(23)22-18(25)6-2-3-12(24)8-18/h4-5,7,9-10,12,24-25H,2-3,6,8H2,1H3,(H2,19,20,21). The van der Waals surface area contributed by atoms with Gasteiger partial charge in [-0.2, -0.15) is 0 Å². The zero-order valence-corrected chi connectivity index (χ0v) is 15.3. The Morgan fingerprint density at radius 1 is 1.38 bits per heavy atom. The van der Waals surface area contributed by atoms with Crippen LogP contribution in [0.3, 0.4) is 0 Å². The van der Waals surface area contributed by atoms with Gasteiger partial charge in [-0.25, -0.2) is 15.0 Å². The average Bonchev–Trinajstić information content (AvgIpc) is 2.95. The van der Waals surface area contributed by atoms with Gasteiger partial charge in [0.2, 0.25) is 0 Å². The molecule has 1 saturated carbocycles. The van der Waals surface area contributed by atoms with E-state index in [1.54, 1.807) is 0 Å². The van der Waals surface area contributed by atoms with E-state index in [-0.39, 0.29) is 6.42 Å². The van der Waals surface area contributed by atoms with Gasteiger partial charge in [-0.05, 0) is 37.0 Å². The van der Waals surface area contributed by atoms with Crippen molar-refractivity contribution >= 4 is 28.1 Å². The number of aliphatic hydroxyl groups excluding tert-OH is 1. The molecule has 1 fully saturated rings. The van der Waals surface area contributed by atoms with E-state index < -0.39 is 11.8 Å². The molecule has 8 heteroatoms. The van der Waals surface area contributed by atoms with Crippen LogP contribution in [0, 0.1) is 0 Å². The Balaban J connectivity index is 1.74. The highest BCUT2D eigenvalue weighted by Crippen LogP contribution is 2.30. The van der Waals surface area contributed by atoms with E-state index in [1.807, 2.05) is 36.0 Å². The Bertz CT molecular complexity index is 1030. The van der Waals surface area contributed by atoms with Crippen molar-refractivity contribution in [3.63, 3.8) is 0 Å². The van der Waals surface area contributed by atoms with E-state index in [0.717, 1.165) is 39.0 Å². The minimum absolute atomic E-state index is 0.284. The summed E-state index contributed by atoms with van der Waals surface area (Å²) in [6, 6.07) is 5.88. The van der Waals surface area contributed by atoms with Crippen LogP contribution in [0.5, 0.6) is 0 Å². The Labute approximate surface area is 154 Å². The lowest BCUT2D eigenvalue weighted by Crippen LogP contribution is -2.37. The summed E-state index contributed by atoms with van der Waals surface area (Å²) in [5.74, 6) is 0.465. The molecule has 1 aromatic carbocycles. The number of nitrogens with two attached hydrogens (primary N) is 1. The van der Waals surface area contributed by atoms with Crippen molar-refractivity contribution in [1.82, 2.24) is 14.5 Å². The third-order valence-corrected chi connectivity index (χ3v) is 5.87. The number of nitrogens with zero attached hydrogens (tertiary/aromatic N) is 4. The molecule has 4 rings (SSSR count). The first-order valence-corrected chi connectivity index (χ1v) is 9.39. The summed E-state index contributed by atoms with van der Waals surface area (Å²) < 4.78 is 1.90. The lowest BCUT2D eigenvalue weighted by molar-refractivity contribution is -0.0413. The number of nitrogen functional groups attached to an aromatic ring is 1. The van der Waals surface area contributed by atoms with Gasteiger partial charge >= 0.3 is 0 Å². The quantitative estimate of drug-likeness (QED) is 0.636. The first-order valence-electron chi connectivity index (χ1n) is 8.57. The van der Waals surface area contributed by atoms with Crippen molar-refractivity contribution in [3.8, 4) is 10.4 Å². The molecular formula is C18H21N5O2S. The van der Waals surface area contributed by atoms with E-state index in [0.29, 0.717) is 12.2 Å². The van der Waals surface area contributed by atoms with Gasteiger partial charge in [0.25, 0.3) is 0 Å². The molecule has 2 atom stereocenters. The van der Waals surface area contributed by atoms with Crippen molar-refractivity contribution in [2.75, 3.05) is 5.73 Å². The van der Waals surface area contributed by atoms with E-state index in [1.165, 1.54) is 17.7 Å². The molecule has 2 heterocycles. The monoisotopic (exact) mass is 371 g/mol. The topological polar surface area (TPSA) is 110 Å². The number of aliphatic hydroxyl groups is 2. The molecule has 26 heavy (non-hydrogen) atoms. The van der Waals surface area contributed by atoms with Crippen LogP contribution in [0.15, 0.2) is 35.7 Å². The second-order valence-electron chi connectivity index (χ2n) is 6.82. The maximum absolute atomic E-state index is 10.7. The number of thiazole rings is 1. The summed E-state index contributed by atoms with van der Waals surface area (Å²) >= 11 is 1.50. The summed E-state index contributed by atoms with van der Waals surface area (Å²) in [7, 11) is 1.91. The number of hydrogen-bond acceptors (Lipinski definition) is 7. The molecule has 4 N–H and O–H groups in total. The molecule has 136 valence electrons. The zero-order valence-electron chi connectivity index (χ0n) is 14.5. The van der Waals surface area contributed by atoms with Crippen molar-refractivity contribution in [2.45, 2.75) is 37.5 Å². The predicted octanol–water partition coefficient (Wildman–Crippen LogP) is 1.80. The molecule has 0 saturated heterocycles. The normalized spacial score (nSPS) is 24.3. The van der Waals surface area contributed by atoms with Crippen LogP contribution in [0.4, 0.5) is 5.82 Å². The van der Waals surface area contributed by atoms with Crippen LogP contribution in [0.1, 0.15) is 25.7 Å². The highest BCUT2D eigenvalue weighted by atomic mass is 32.1. The maximum atomic E-state index is 10.7. The summed E-state index contributed by atoms with van der Waals surface area (Å²) in [4.78, 5) is 14.6. The molecule has 3 aromatic rings. The third kappa shape index (κ3) is 3.23. The van der Waals surface area contributed by atoms with Gasteiger partial charge in [-0.1, -0.05) is 17.4 Å². The van der Waals surface area contributed by atoms with Crippen LogP contribution in [-0.4, -0.2) is 36.6 Å². The van der Waals surface area contributed by atoms with Crippen LogP contribution in [0.25, 0.3) is 21.3 Å². The third-order valence-electron chi connectivity index (χ3n) is 4.75. The number of aryl methyl sites for hydroxylation is 1. The fourth-order valence-corrected chi connectivity index (χ4v) is 4.44. The second kappa shape index (κ2) is 6.46. The summed E-state index contributed by atoms with van der Waals surface area (Å²) in [5.41, 5.74) is 6.49. The van der Waals surface area contributed by atoms with Gasteiger partial charge < -0.3 is 20.5 Å². The van der Waals surface area contributed by atoms with E-state index in [9.17, 15) is 10.2 Å². The lowest BCUT2D eigenvalue weighted by atomic mass is 9.90. The van der Waals surface area contributed by atoms with Crippen molar-refractivity contribution < 1.29 is 10.2 Å². The van der Waals surface area contributed by atoms with Gasteiger partial charge in [0, 0.05) is 25.1 Å². The van der Waals surface area contributed by atoms with Crippen LogP contribution >= 0.6 is 11.3 Å². The molecule has 2 unspecified atom stereocenters. The first-order chi connectivity index (χ1) is 12.4. The van der Waals surface area contributed by atoms with Crippen molar-refractivity contribution in [2.24, 2.45) is 12.0 Å². The first kappa shape index (κ1) is 17.1. The average molecular weight is 371 g/mol. The SMILES string of the molecule is Cn1cc(-c2ccc3c(N)ncnc3c2)sc1=NC1(O)CCCC(O)C1. The zero-order chi connectivity index (χ0) is 18.3. The molecule has 0 bridgehead atoms. The molecule has 0 spiro atoms. The Hall–Kier alpha value is -2.29. The predicted molar refractivity (Wildman–Crippen MR) is 101 cm³/mol. The number of hydrogen-bond donors (Lipinski definition) is 3. The minimum atomic E-state index is -1.19. The number of rotatable bonds is 2. The number of fused-ring (bicyclic) bond motifs is 1. The highest BCUT2D eigenvalue weighted by Gasteiger charge is 2.33. The van der Waals surface area contributed by atoms with Gasteiger partial charge in [0.05, 0.1) is 16.5 Å². The highest BCUT2D eigenvalue weighted by molar-refractivity contribution is 7.12. The van der Waals surface area contributed by atoms with E-state index in [4.69, 9.17) is 5.73 Å². The number of aromatic nitrogens is 3. The van der Waals surface area contributed by atoms with E-state index >= 15 is 0 Å². The Morgan fingerprint density at radius 2 is 2.23 bits per heavy atom. The molecular weight excluding hydrogens is 350 g/mol. The molecule has 1 aliphatic carbocycles. The van der Waals surface area contributed by atoms with Gasteiger partial charge in [0.1, 0.15) is 12.1 Å². The largest absolute Gasteiger partial charge is 0.393 e. The van der Waals surface area contributed by atoms with Crippen LogP contribution < -0.4 is 10.5 Å². The molecule has 0 amide bonds. The molecule has 0 aliphatic heterocycles. The summed E-state index contributed by atoms with van der Waals surface area (Å²) in [6.07, 6.45) is 5.30. The molecule has 0 radical (unpaired) electrons. The Kier molecular flexibility index (Phi) is 4.26. The van der Waals surface area contributed by atoms with Crippen molar-refractivity contribution in [3.05, 3.63) is 35.5 Å². The molecule has 2 aromatic heterocycles. The summed E-state index contributed by atoms with van der Waals surface area (Å²) in [6.45, 7) is 0. The van der Waals surface area contributed by atoms with E-state index in [2.05, 4.69) is 15.0 Å².